The summed E-state index contributed by atoms with van der Waals surface area (Å²) in [4.78, 5) is 16.1. The van der Waals surface area contributed by atoms with E-state index in [1.165, 1.54) is 16.7 Å². The van der Waals surface area contributed by atoms with Crippen LogP contribution in [0.2, 0.25) is 0 Å². The van der Waals surface area contributed by atoms with Gasteiger partial charge in [0.2, 0.25) is 0 Å². The fraction of sp³-hybridized carbons (Fsp3) is 0.219. The summed E-state index contributed by atoms with van der Waals surface area (Å²) >= 11 is 0. The van der Waals surface area contributed by atoms with Gasteiger partial charge in [-0.3, -0.25) is 9.97 Å². The second-order valence-electron chi connectivity index (χ2n) is 11.2. The van der Waals surface area contributed by atoms with Gasteiger partial charge in [-0.25, -0.2) is 4.98 Å². The minimum atomic E-state index is -0.224. The molecule has 0 saturated carbocycles. The van der Waals surface area contributed by atoms with Crippen molar-refractivity contribution in [1.82, 2.24) is 15.0 Å². The van der Waals surface area contributed by atoms with Crippen molar-refractivity contribution in [2.75, 3.05) is 4.90 Å². The molecule has 0 unspecified atom stereocenters. The van der Waals surface area contributed by atoms with Gasteiger partial charge < -0.3 is 10.0 Å². The second-order valence-corrected chi connectivity index (χ2v) is 11.2. The SMILES string of the molecule is CC(C)(C)c1ccnc(N2c3[c-]c(-c4ccc5nccc(O)c5n4)ccc3C(C)(C)c3ccccc32)c1.[Pt]. The molecule has 38 heavy (non-hydrogen) atoms. The Hall–Kier alpha value is -3.56. The van der Waals surface area contributed by atoms with Gasteiger partial charge in [0.1, 0.15) is 17.1 Å². The fourth-order valence-corrected chi connectivity index (χ4v) is 5.18. The third-order valence-electron chi connectivity index (χ3n) is 7.32. The molecular formula is C32H29N4OPt-. The number of anilines is 3. The van der Waals surface area contributed by atoms with Gasteiger partial charge in [0.05, 0.1) is 5.52 Å². The van der Waals surface area contributed by atoms with Crippen molar-refractivity contribution in [3.8, 4) is 17.0 Å². The van der Waals surface area contributed by atoms with E-state index < -0.39 is 0 Å². The normalized spacial score (nSPS) is 14.0. The largest absolute Gasteiger partial charge is 0.506 e. The van der Waals surface area contributed by atoms with E-state index in [2.05, 4.69) is 99.1 Å². The number of fused-ring (bicyclic) bond motifs is 3. The first-order valence-electron chi connectivity index (χ1n) is 12.5. The Balaban J connectivity index is 0.00000294. The van der Waals surface area contributed by atoms with Crippen LogP contribution in [-0.2, 0) is 31.9 Å². The molecule has 5 nitrogen and oxygen atoms in total. The fourth-order valence-electron chi connectivity index (χ4n) is 5.18. The molecule has 6 rings (SSSR count). The molecule has 2 aromatic carbocycles. The Kier molecular flexibility index (Phi) is 6.39. The van der Waals surface area contributed by atoms with E-state index in [1.54, 1.807) is 12.3 Å². The van der Waals surface area contributed by atoms with E-state index in [9.17, 15) is 5.11 Å². The van der Waals surface area contributed by atoms with Gasteiger partial charge in [-0.15, -0.1) is 23.8 Å². The van der Waals surface area contributed by atoms with Crippen LogP contribution in [0, 0.1) is 6.07 Å². The maximum atomic E-state index is 10.4. The summed E-state index contributed by atoms with van der Waals surface area (Å²) in [6.07, 6.45) is 3.47. The van der Waals surface area contributed by atoms with E-state index in [1.807, 2.05) is 18.3 Å². The molecule has 1 aliphatic rings. The number of para-hydroxylation sites is 1. The van der Waals surface area contributed by atoms with Crippen LogP contribution in [0.3, 0.4) is 0 Å². The van der Waals surface area contributed by atoms with E-state index in [4.69, 9.17) is 9.97 Å². The predicted molar refractivity (Wildman–Crippen MR) is 149 cm³/mol. The zero-order valence-corrected chi connectivity index (χ0v) is 24.3. The molecule has 0 spiro atoms. The summed E-state index contributed by atoms with van der Waals surface area (Å²) in [7, 11) is 0. The van der Waals surface area contributed by atoms with E-state index in [-0.39, 0.29) is 37.6 Å². The zero-order chi connectivity index (χ0) is 25.9. The quantitative estimate of drug-likeness (QED) is 0.195. The van der Waals surface area contributed by atoms with Crippen LogP contribution < -0.4 is 4.90 Å². The zero-order valence-electron chi connectivity index (χ0n) is 22.1. The third-order valence-corrected chi connectivity index (χ3v) is 7.32. The Labute approximate surface area is 237 Å². The summed E-state index contributed by atoms with van der Waals surface area (Å²) in [5.74, 6) is 0.975. The van der Waals surface area contributed by atoms with Crippen LogP contribution in [0.1, 0.15) is 51.3 Å². The molecule has 0 atom stereocenters. The summed E-state index contributed by atoms with van der Waals surface area (Å²) in [6.45, 7) is 11.2. The van der Waals surface area contributed by atoms with Gasteiger partial charge in [-0.05, 0) is 57.6 Å². The van der Waals surface area contributed by atoms with E-state index in [0.29, 0.717) is 11.0 Å². The summed E-state index contributed by atoms with van der Waals surface area (Å²) in [6, 6.07) is 26.1. The first-order valence-corrected chi connectivity index (χ1v) is 12.5. The van der Waals surface area contributed by atoms with Crippen molar-refractivity contribution in [3.63, 3.8) is 0 Å². The molecular weight excluding hydrogens is 651 g/mol. The van der Waals surface area contributed by atoms with Crippen molar-refractivity contribution in [2.24, 2.45) is 0 Å². The second kappa shape index (κ2) is 9.32. The molecule has 0 bridgehead atoms. The maximum Gasteiger partial charge on any atom is 0.143 e. The van der Waals surface area contributed by atoms with Crippen LogP contribution in [0.25, 0.3) is 22.3 Å². The van der Waals surface area contributed by atoms with Gasteiger partial charge in [0, 0.05) is 45.2 Å². The Morgan fingerprint density at radius 2 is 1.63 bits per heavy atom. The average Bonchev–Trinajstić information content (AvgIpc) is 2.88. The molecule has 5 aromatic rings. The minimum absolute atomic E-state index is 0. The monoisotopic (exact) mass is 680 g/mol. The van der Waals surface area contributed by atoms with Gasteiger partial charge in [-0.2, -0.15) is 0 Å². The van der Waals surface area contributed by atoms with Crippen LogP contribution in [0.15, 0.2) is 79.1 Å². The average molecular weight is 681 g/mol. The van der Waals surface area contributed by atoms with Crippen molar-refractivity contribution in [3.05, 3.63) is 102 Å². The van der Waals surface area contributed by atoms with Gasteiger partial charge in [-0.1, -0.05) is 64.4 Å². The number of hydrogen-bond acceptors (Lipinski definition) is 5. The molecule has 1 aliphatic heterocycles. The predicted octanol–water partition coefficient (Wildman–Crippen LogP) is 7.60. The smallest absolute Gasteiger partial charge is 0.143 e. The molecule has 194 valence electrons. The number of rotatable bonds is 2. The van der Waals surface area contributed by atoms with Gasteiger partial charge in [0.25, 0.3) is 0 Å². The first-order chi connectivity index (χ1) is 17.6. The van der Waals surface area contributed by atoms with Crippen LogP contribution in [-0.4, -0.2) is 20.1 Å². The first kappa shape index (κ1) is 26.1. The number of nitrogens with zero attached hydrogens (tertiary/aromatic N) is 4. The molecule has 0 saturated heterocycles. The van der Waals surface area contributed by atoms with Crippen LogP contribution in [0.4, 0.5) is 17.2 Å². The molecule has 0 aliphatic carbocycles. The molecule has 0 fully saturated rings. The molecule has 0 amide bonds. The van der Waals surface area contributed by atoms with Gasteiger partial charge >= 0.3 is 0 Å². The molecule has 0 radical (unpaired) electrons. The number of pyridine rings is 3. The molecule has 4 heterocycles. The number of aromatic nitrogens is 3. The number of hydrogen-bond donors (Lipinski definition) is 1. The van der Waals surface area contributed by atoms with Crippen molar-refractivity contribution < 1.29 is 26.2 Å². The molecule has 3 aromatic heterocycles. The van der Waals surface area contributed by atoms with E-state index >= 15 is 0 Å². The topological polar surface area (TPSA) is 62.1 Å². The van der Waals surface area contributed by atoms with Crippen molar-refractivity contribution in [1.29, 1.82) is 0 Å². The Morgan fingerprint density at radius 3 is 2.42 bits per heavy atom. The number of aromatic hydroxyl groups is 1. The minimum Gasteiger partial charge on any atom is -0.506 e. The third kappa shape index (κ3) is 4.19. The Morgan fingerprint density at radius 1 is 0.868 bits per heavy atom. The molecule has 6 heteroatoms. The summed E-state index contributed by atoms with van der Waals surface area (Å²) in [5, 5.41) is 10.4. The summed E-state index contributed by atoms with van der Waals surface area (Å²) < 4.78 is 0. The number of benzene rings is 2. The Bertz CT molecular complexity index is 1670. The van der Waals surface area contributed by atoms with Crippen molar-refractivity contribution >= 4 is 28.2 Å². The standard InChI is InChI=1S/C32H29N4O.Pt/c1-31(2,3)21-14-16-34-29(19-21)36-26-9-7-6-8-22(26)32(4,5)23-11-10-20(18-27(23)36)24-12-13-25-30(35-24)28(37)15-17-33-25;/h6-17,19H,1-5H3,(H,33,37);/q-1;. The summed E-state index contributed by atoms with van der Waals surface area (Å²) in [5.41, 5.74) is 8.16. The van der Waals surface area contributed by atoms with Crippen LogP contribution in [0.5, 0.6) is 5.75 Å². The van der Waals surface area contributed by atoms with Gasteiger partial charge in [0.15, 0.2) is 0 Å². The molecule has 1 N–H and O–H groups in total. The maximum absolute atomic E-state index is 10.4. The van der Waals surface area contributed by atoms with E-state index in [0.717, 1.165) is 28.5 Å². The van der Waals surface area contributed by atoms with Crippen LogP contribution >= 0.6 is 0 Å². The van der Waals surface area contributed by atoms with Crippen molar-refractivity contribution in [2.45, 2.75) is 45.4 Å².